The maximum absolute atomic E-state index is 13.0. The number of hydrazine groups is 1. The third-order valence-corrected chi connectivity index (χ3v) is 1.48. The van der Waals surface area contributed by atoms with Crippen LogP contribution in [0.25, 0.3) is 6.08 Å². The number of halogens is 1. The van der Waals surface area contributed by atoms with E-state index in [2.05, 4.69) is 4.84 Å². The topological polar surface area (TPSA) is 41.3 Å². The molecule has 0 aliphatic rings. The van der Waals surface area contributed by atoms with Gasteiger partial charge in [0, 0.05) is 11.6 Å². The zero-order valence-corrected chi connectivity index (χ0v) is 7.61. The Morgan fingerprint density at radius 1 is 1.50 bits per heavy atom. The predicted molar refractivity (Wildman–Crippen MR) is 49.2 cm³/mol. The number of nitroso groups, excluding NO2 is 1. The Hall–Kier alpha value is -1.75. The molecule has 0 saturated carbocycles. The van der Waals surface area contributed by atoms with Crippen LogP contribution in [0.4, 0.5) is 4.39 Å². The van der Waals surface area contributed by atoms with Crippen LogP contribution >= 0.6 is 0 Å². The maximum Gasteiger partial charge on any atom is 0.260 e. The number of hydrogen-bond donors (Lipinski definition) is 1. The van der Waals surface area contributed by atoms with Gasteiger partial charge in [0.25, 0.3) is 6.20 Å². The first-order valence-corrected chi connectivity index (χ1v) is 3.92. The van der Waals surface area contributed by atoms with Gasteiger partial charge in [-0.05, 0) is 11.7 Å². The van der Waals surface area contributed by atoms with Crippen molar-refractivity contribution in [2.45, 2.75) is 0 Å². The number of rotatable bonds is 4. The third kappa shape index (κ3) is 2.95. The van der Waals surface area contributed by atoms with E-state index in [0.29, 0.717) is 10.4 Å². The highest BCUT2D eigenvalue weighted by molar-refractivity contribution is 5.48. The molecule has 1 rings (SSSR count). The van der Waals surface area contributed by atoms with E-state index < -0.39 is 0 Å². The van der Waals surface area contributed by atoms with Crippen LogP contribution < -0.4 is 5.59 Å². The number of hydrogen-bond acceptors (Lipinski definition) is 2. The second kappa shape index (κ2) is 5.08. The van der Waals surface area contributed by atoms with Gasteiger partial charge in [-0.1, -0.05) is 18.2 Å². The number of nitrogens with zero attached hydrogens (tertiary/aromatic N) is 1. The van der Waals surface area contributed by atoms with Gasteiger partial charge in [-0.15, -0.1) is 0 Å². The van der Waals surface area contributed by atoms with E-state index in [9.17, 15) is 9.30 Å². The molecule has 0 amide bonds. The van der Waals surface area contributed by atoms with E-state index in [-0.39, 0.29) is 5.82 Å². The molecule has 5 heteroatoms. The Balaban J connectivity index is 2.69. The number of nitrogens with one attached hydrogen (secondary N) is 1. The molecular weight excluding hydrogens is 187 g/mol. The summed E-state index contributed by atoms with van der Waals surface area (Å²) in [5, 5.41) is 0. The fraction of sp³-hybridized carbons (Fsp3) is 0.111. The number of benzene rings is 1. The average molecular weight is 197 g/mol. The minimum absolute atomic E-state index is 0.326. The first-order valence-electron chi connectivity index (χ1n) is 3.92. The largest absolute Gasteiger partial charge is 0.260 e. The highest BCUT2D eigenvalue weighted by Gasteiger charge is 2.01. The molecule has 0 radical (unpaired) electrons. The van der Waals surface area contributed by atoms with E-state index in [1.807, 2.05) is 5.59 Å². The van der Waals surface area contributed by atoms with Gasteiger partial charge in [-0.2, -0.15) is 0 Å². The van der Waals surface area contributed by atoms with E-state index in [1.54, 1.807) is 18.2 Å². The van der Waals surface area contributed by atoms with Crippen molar-refractivity contribution in [1.29, 1.82) is 0 Å². The molecule has 1 aromatic rings. The quantitative estimate of drug-likeness (QED) is 0.589. The fourth-order valence-electron chi connectivity index (χ4n) is 0.879. The van der Waals surface area contributed by atoms with Crippen LogP contribution in [0.15, 0.2) is 30.5 Å². The van der Waals surface area contributed by atoms with E-state index in [4.69, 9.17) is 0 Å². The molecule has 1 N–H and O–H groups in total. The second-order valence-electron chi connectivity index (χ2n) is 2.46. The molecular formula is C9H10FN2O2+. The Morgan fingerprint density at radius 2 is 2.21 bits per heavy atom. The average Bonchev–Trinajstić information content (AvgIpc) is 2.17. The molecule has 0 aromatic heterocycles. The smallest absolute Gasteiger partial charge is 0.228 e. The van der Waals surface area contributed by atoms with Crippen LogP contribution in [0, 0.1) is 10.7 Å². The molecule has 4 nitrogen and oxygen atoms in total. The molecule has 1 aromatic carbocycles. The summed E-state index contributed by atoms with van der Waals surface area (Å²) in [5.74, 6) is -0.380. The first kappa shape index (κ1) is 10.3. The zero-order valence-electron chi connectivity index (χ0n) is 7.61. The summed E-state index contributed by atoms with van der Waals surface area (Å²) in [6.07, 6.45) is 2.45. The van der Waals surface area contributed by atoms with Gasteiger partial charge < -0.3 is 0 Å². The summed E-state index contributed by atoms with van der Waals surface area (Å²) in [4.78, 5) is 15.5. The SMILES string of the molecule is CON[N+](=O)/C=C/c1ccccc1F. The lowest BCUT2D eigenvalue weighted by molar-refractivity contribution is -0.601. The van der Waals surface area contributed by atoms with Gasteiger partial charge in [0.15, 0.2) is 4.87 Å². The minimum atomic E-state index is -0.380. The minimum Gasteiger partial charge on any atom is -0.228 e. The Bertz CT molecular complexity index is 352. The van der Waals surface area contributed by atoms with Crippen molar-refractivity contribution in [2.75, 3.05) is 7.11 Å². The molecule has 0 fully saturated rings. The first-order chi connectivity index (χ1) is 6.74. The third-order valence-electron chi connectivity index (χ3n) is 1.48. The van der Waals surface area contributed by atoms with Crippen molar-refractivity contribution in [3.8, 4) is 0 Å². The Morgan fingerprint density at radius 3 is 2.86 bits per heavy atom. The van der Waals surface area contributed by atoms with Crippen LogP contribution in [0.5, 0.6) is 0 Å². The summed E-state index contributed by atoms with van der Waals surface area (Å²) >= 11 is 0. The maximum atomic E-state index is 13.0. The molecule has 74 valence electrons. The van der Waals surface area contributed by atoms with Crippen molar-refractivity contribution in [2.24, 2.45) is 0 Å². The van der Waals surface area contributed by atoms with E-state index in [0.717, 1.165) is 6.20 Å². The van der Waals surface area contributed by atoms with Gasteiger partial charge in [0.2, 0.25) is 0 Å². The van der Waals surface area contributed by atoms with Crippen LogP contribution in [0.1, 0.15) is 5.56 Å². The van der Waals surface area contributed by atoms with Gasteiger partial charge >= 0.3 is 0 Å². The molecule has 0 spiro atoms. The van der Waals surface area contributed by atoms with Crippen molar-refractivity contribution in [3.63, 3.8) is 0 Å². The zero-order chi connectivity index (χ0) is 10.4. The summed E-state index contributed by atoms with van der Waals surface area (Å²) in [7, 11) is 1.31. The molecule has 14 heavy (non-hydrogen) atoms. The molecule has 0 unspecified atom stereocenters. The van der Waals surface area contributed by atoms with Crippen LogP contribution in [-0.2, 0) is 4.84 Å². The lowest BCUT2D eigenvalue weighted by Crippen LogP contribution is -2.19. The molecule has 0 bridgehead atoms. The Labute approximate surface area is 80.5 Å². The van der Waals surface area contributed by atoms with Gasteiger partial charge in [0.05, 0.1) is 12.0 Å². The Kier molecular flexibility index (Phi) is 3.75. The lowest BCUT2D eigenvalue weighted by Gasteiger charge is -1.92. The molecule has 0 aliphatic heterocycles. The monoisotopic (exact) mass is 197 g/mol. The van der Waals surface area contributed by atoms with Crippen LogP contribution in [0.2, 0.25) is 0 Å². The van der Waals surface area contributed by atoms with Gasteiger partial charge in [-0.3, -0.25) is 0 Å². The predicted octanol–water partition coefficient (Wildman–Crippen LogP) is 1.64. The van der Waals surface area contributed by atoms with Crippen LogP contribution in [0.3, 0.4) is 0 Å². The standard InChI is InChI=1S/C9H10FN2O2/c1-14-11-12(13)7-6-8-4-2-3-5-9(8)10/h2-7H,1H3,(H,11,13)/q+1/b7-6+. The van der Waals surface area contributed by atoms with Crippen molar-refractivity contribution in [3.05, 3.63) is 46.8 Å². The highest BCUT2D eigenvalue weighted by Crippen LogP contribution is 2.07. The normalized spacial score (nSPS) is 10.4. The lowest BCUT2D eigenvalue weighted by atomic mass is 10.2. The van der Waals surface area contributed by atoms with Gasteiger partial charge in [0.1, 0.15) is 5.82 Å². The molecule has 0 saturated heterocycles. The molecule has 0 aliphatic carbocycles. The fourth-order valence-corrected chi connectivity index (χ4v) is 0.879. The molecule has 0 atom stereocenters. The van der Waals surface area contributed by atoms with Gasteiger partial charge in [-0.25, -0.2) is 9.23 Å². The van der Waals surface area contributed by atoms with Crippen molar-refractivity contribution < 1.29 is 14.1 Å². The van der Waals surface area contributed by atoms with Crippen molar-refractivity contribution >= 4 is 6.08 Å². The van der Waals surface area contributed by atoms with Crippen LogP contribution in [-0.4, -0.2) is 12.0 Å². The summed E-state index contributed by atoms with van der Waals surface area (Å²) in [6, 6.07) is 6.14. The van der Waals surface area contributed by atoms with E-state index in [1.165, 1.54) is 19.3 Å². The second-order valence-corrected chi connectivity index (χ2v) is 2.46. The van der Waals surface area contributed by atoms with E-state index >= 15 is 0 Å². The highest BCUT2D eigenvalue weighted by atomic mass is 19.1. The summed E-state index contributed by atoms with van der Waals surface area (Å²) in [5.41, 5.74) is 2.34. The summed E-state index contributed by atoms with van der Waals surface area (Å²) < 4.78 is 13.0. The summed E-state index contributed by atoms with van der Waals surface area (Å²) in [6.45, 7) is 0. The molecule has 0 heterocycles. The van der Waals surface area contributed by atoms with Crippen molar-refractivity contribution in [1.82, 2.24) is 5.59 Å².